The van der Waals surface area contributed by atoms with Crippen LogP contribution >= 0.6 is 0 Å². The zero-order chi connectivity index (χ0) is 17.8. The van der Waals surface area contributed by atoms with Crippen LogP contribution in [-0.4, -0.2) is 52.6 Å². The first-order chi connectivity index (χ1) is 12.0. The monoisotopic (exact) mass is 342 g/mol. The predicted molar refractivity (Wildman–Crippen MR) is 101 cm³/mol. The molecule has 1 aromatic carbocycles. The molecule has 5 heteroatoms. The molecule has 2 N–H and O–H groups in total. The summed E-state index contributed by atoms with van der Waals surface area (Å²) < 4.78 is 1.99. The summed E-state index contributed by atoms with van der Waals surface area (Å²) in [6.45, 7) is 7.69. The van der Waals surface area contributed by atoms with Gasteiger partial charge in [-0.3, -0.25) is 4.90 Å². The standard InChI is InChI=1S/C20H30N4O/c1-15-11-16(2)24(22-15)19-6-4-5-17(12-19)13-23(3)14-20(25)18-7-9-21-10-8-18/h4-6,11-12,18,20-21,25H,7-10,13-14H2,1-3H3. The molecular formula is C20H30N4O. The maximum atomic E-state index is 10.5. The number of aromatic nitrogens is 2. The van der Waals surface area contributed by atoms with Gasteiger partial charge in [0, 0.05) is 18.8 Å². The molecule has 0 saturated carbocycles. The molecule has 1 aromatic heterocycles. The van der Waals surface area contributed by atoms with E-state index in [1.165, 1.54) is 5.56 Å². The summed E-state index contributed by atoms with van der Waals surface area (Å²) in [7, 11) is 2.08. The Kier molecular flexibility index (Phi) is 5.89. The fourth-order valence-electron chi connectivity index (χ4n) is 3.75. The van der Waals surface area contributed by atoms with Crippen LogP contribution in [-0.2, 0) is 6.54 Å². The Morgan fingerprint density at radius 3 is 2.72 bits per heavy atom. The van der Waals surface area contributed by atoms with Crippen molar-refractivity contribution >= 4 is 0 Å². The number of aliphatic hydroxyl groups excluding tert-OH is 1. The fourth-order valence-corrected chi connectivity index (χ4v) is 3.75. The van der Waals surface area contributed by atoms with Gasteiger partial charge in [-0.15, -0.1) is 0 Å². The number of hydrogen-bond donors (Lipinski definition) is 2. The number of nitrogens with one attached hydrogen (secondary N) is 1. The van der Waals surface area contributed by atoms with Crippen LogP contribution in [0.3, 0.4) is 0 Å². The van der Waals surface area contributed by atoms with Gasteiger partial charge in [0.15, 0.2) is 0 Å². The number of aryl methyl sites for hydroxylation is 2. The van der Waals surface area contributed by atoms with Crippen molar-refractivity contribution in [3.8, 4) is 5.69 Å². The van der Waals surface area contributed by atoms with Crippen LogP contribution in [0.5, 0.6) is 0 Å². The van der Waals surface area contributed by atoms with E-state index in [1.807, 2.05) is 11.6 Å². The number of piperidine rings is 1. The number of nitrogens with zero attached hydrogens (tertiary/aromatic N) is 3. The molecule has 1 aliphatic rings. The first-order valence-electron chi connectivity index (χ1n) is 9.23. The zero-order valence-electron chi connectivity index (χ0n) is 15.6. The van der Waals surface area contributed by atoms with Gasteiger partial charge in [0.1, 0.15) is 0 Å². The van der Waals surface area contributed by atoms with Gasteiger partial charge in [-0.2, -0.15) is 5.10 Å². The van der Waals surface area contributed by atoms with Gasteiger partial charge < -0.3 is 10.4 Å². The lowest BCUT2D eigenvalue weighted by molar-refractivity contribution is 0.0562. The van der Waals surface area contributed by atoms with E-state index < -0.39 is 0 Å². The lowest BCUT2D eigenvalue weighted by atomic mass is 9.92. The zero-order valence-corrected chi connectivity index (χ0v) is 15.6. The molecule has 3 rings (SSSR count). The molecule has 0 bridgehead atoms. The quantitative estimate of drug-likeness (QED) is 0.846. The van der Waals surface area contributed by atoms with E-state index in [0.717, 1.165) is 56.1 Å². The van der Waals surface area contributed by atoms with Crippen LogP contribution in [0.2, 0.25) is 0 Å². The van der Waals surface area contributed by atoms with E-state index in [-0.39, 0.29) is 6.10 Å². The van der Waals surface area contributed by atoms with Crippen LogP contribution in [0.4, 0.5) is 0 Å². The average Bonchev–Trinajstić information content (AvgIpc) is 2.94. The lowest BCUT2D eigenvalue weighted by Gasteiger charge is -2.30. The third-order valence-corrected chi connectivity index (χ3v) is 5.04. The topological polar surface area (TPSA) is 53.3 Å². The third kappa shape index (κ3) is 4.69. The minimum absolute atomic E-state index is 0.244. The molecule has 1 saturated heterocycles. The van der Waals surface area contributed by atoms with Crippen molar-refractivity contribution in [2.45, 2.75) is 39.3 Å². The third-order valence-electron chi connectivity index (χ3n) is 5.04. The van der Waals surface area contributed by atoms with E-state index in [1.54, 1.807) is 0 Å². The van der Waals surface area contributed by atoms with Gasteiger partial charge in [0.25, 0.3) is 0 Å². The van der Waals surface area contributed by atoms with Gasteiger partial charge in [0.2, 0.25) is 0 Å². The molecule has 0 spiro atoms. The van der Waals surface area contributed by atoms with E-state index >= 15 is 0 Å². The first-order valence-corrected chi connectivity index (χ1v) is 9.23. The highest BCUT2D eigenvalue weighted by Crippen LogP contribution is 2.18. The Bertz CT molecular complexity index is 691. The Morgan fingerprint density at radius 1 is 1.28 bits per heavy atom. The highest BCUT2D eigenvalue weighted by molar-refractivity contribution is 5.37. The molecular weight excluding hydrogens is 312 g/mol. The summed E-state index contributed by atoms with van der Waals surface area (Å²) in [5.41, 5.74) is 4.51. The second-order valence-electron chi connectivity index (χ2n) is 7.36. The van der Waals surface area contributed by atoms with E-state index in [4.69, 9.17) is 0 Å². The molecule has 1 fully saturated rings. The summed E-state index contributed by atoms with van der Waals surface area (Å²) in [5.74, 6) is 0.421. The highest BCUT2D eigenvalue weighted by Gasteiger charge is 2.22. The summed E-state index contributed by atoms with van der Waals surface area (Å²) >= 11 is 0. The Balaban J connectivity index is 1.62. The fraction of sp³-hybridized carbons (Fsp3) is 0.550. The van der Waals surface area contributed by atoms with Crippen molar-refractivity contribution in [2.75, 3.05) is 26.7 Å². The van der Waals surface area contributed by atoms with Gasteiger partial charge in [0.05, 0.1) is 17.5 Å². The average molecular weight is 342 g/mol. The molecule has 2 aromatic rings. The summed E-state index contributed by atoms with van der Waals surface area (Å²) in [5, 5.41) is 18.4. The van der Waals surface area contributed by atoms with Crippen molar-refractivity contribution in [2.24, 2.45) is 5.92 Å². The Hall–Kier alpha value is -1.69. The summed E-state index contributed by atoms with van der Waals surface area (Å²) in [6, 6.07) is 10.6. The molecule has 25 heavy (non-hydrogen) atoms. The first kappa shape index (κ1) is 18.1. The molecule has 2 heterocycles. The van der Waals surface area contributed by atoms with E-state index in [2.05, 4.69) is 59.6 Å². The van der Waals surface area contributed by atoms with Crippen molar-refractivity contribution < 1.29 is 5.11 Å². The Labute approximate surface area is 150 Å². The van der Waals surface area contributed by atoms with Gasteiger partial charge >= 0.3 is 0 Å². The molecule has 0 amide bonds. The smallest absolute Gasteiger partial charge is 0.0696 e. The van der Waals surface area contributed by atoms with Gasteiger partial charge in [-0.1, -0.05) is 12.1 Å². The molecule has 1 aliphatic heterocycles. The van der Waals surface area contributed by atoms with Crippen molar-refractivity contribution in [1.82, 2.24) is 20.0 Å². The Morgan fingerprint density at radius 2 is 2.04 bits per heavy atom. The molecule has 5 nitrogen and oxygen atoms in total. The van der Waals surface area contributed by atoms with Crippen LogP contribution in [0.15, 0.2) is 30.3 Å². The maximum Gasteiger partial charge on any atom is 0.0696 e. The molecule has 1 atom stereocenters. The highest BCUT2D eigenvalue weighted by atomic mass is 16.3. The molecule has 0 aliphatic carbocycles. The van der Waals surface area contributed by atoms with Crippen LogP contribution in [0.1, 0.15) is 29.8 Å². The van der Waals surface area contributed by atoms with Crippen molar-refractivity contribution in [3.05, 3.63) is 47.3 Å². The van der Waals surface area contributed by atoms with Gasteiger partial charge in [-0.25, -0.2) is 4.68 Å². The number of likely N-dealkylation sites (N-methyl/N-ethyl adjacent to an activating group) is 1. The second-order valence-corrected chi connectivity index (χ2v) is 7.36. The van der Waals surface area contributed by atoms with E-state index in [0.29, 0.717) is 5.92 Å². The number of rotatable bonds is 6. The SMILES string of the molecule is Cc1cc(C)n(-c2cccc(CN(C)CC(O)C3CCNCC3)c2)n1. The van der Waals surface area contributed by atoms with Gasteiger partial charge in [-0.05, 0) is 76.5 Å². The molecule has 1 unspecified atom stereocenters. The number of aliphatic hydroxyl groups is 1. The normalized spacial score (nSPS) is 17.2. The summed E-state index contributed by atoms with van der Waals surface area (Å²) in [4.78, 5) is 2.22. The molecule has 136 valence electrons. The predicted octanol–water partition coefficient (Wildman–Crippen LogP) is 2.28. The maximum absolute atomic E-state index is 10.5. The van der Waals surface area contributed by atoms with Crippen LogP contribution in [0, 0.1) is 19.8 Å². The number of benzene rings is 1. The van der Waals surface area contributed by atoms with Crippen LogP contribution in [0.25, 0.3) is 5.69 Å². The van der Waals surface area contributed by atoms with E-state index in [9.17, 15) is 5.11 Å². The summed E-state index contributed by atoms with van der Waals surface area (Å²) in [6.07, 6.45) is 1.90. The van der Waals surface area contributed by atoms with Crippen molar-refractivity contribution in [1.29, 1.82) is 0 Å². The second kappa shape index (κ2) is 8.13. The molecule has 0 radical (unpaired) electrons. The number of hydrogen-bond acceptors (Lipinski definition) is 4. The lowest BCUT2D eigenvalue weighted by Crippen LogP contribution is -2.39. The van der Waals surface area contributed by atoms with Crippen molar-refractivity contribution in [3.63, 3.8) is 0 Å². The minimum atomic E-state index is -0.244. The minimum Gasteiger partial charge on any atom is -0.392 e. The largest absolute Gasteiger partial charge is 0.392 e. The van der Waals surface area contributed by atoms with Crippen LogP contribution < -0.4 is 5.32 Å².